The fraction of sp³-hybridized carbons (Fsp3) is 1.00. The molecular formula is C10H14F6. The van der Waals surface area contributed by atoms with E-state index in [2.05, 4.69) is 0 Å². The molecule has 6 heteroatoms. The van der Waals surface area contributed by atoms with Crippen molar-refractivity contribution in [2.24, 2.45) is 5.92 Å². The van der Waals surface area contributed by atoms with E-state index in [0.717, 1.165) is 0 Å². The fourth-order valence-corrected chi connectivity index (χ4v) is 2.33. The van der Waals surface area contributed by atoms with Gasteiger partial charge in [0.2, 0.25) is 5.67 Å². The van der Waals surface area contributed by atoms with Gasteiger partial charge in [-0.2, -0.15) is 8.78 Å². The molecule has 1 aliphatic rings. The molecule has 16 heavy (non-hydrogen) atoms. The molecule has 0 radical (unpaired) electrons. The molecule has 1 fully saturated rings. The van der Waals surface area contributed by atoms with E-state index in [9.17, 15) is 26.3 Å². The lowest BCUT2D eigenvalue weighted by atomic mass is 9.67. The van der Waals surface area contributed by atoms with Crippen LogP contribution in [-0.2, 0) is 0 Å². The smallest absolute Gasteiger partial charge is 0.237 e. The molecule has 1 saturated carbocycles. The van der Waals surface area contributed by atoms with Gasteiger partial charge in [-0.25, -0.2) is 17.6 Å². The third-order valence-corrected chi connectivity index (χ3v) is 3.21. The Morgan fingerprint density at radius 3 is 1.88 bits per heavy atom. The van der Waals surface area contributed by atoms with Crippen molar-refractivity contribution in [1.29, 1.82) is 0 Å². The van der Waals surface area contributed by atoms with Crippen LogP contribution in [0.4, 0.5) is 26.3 Å². The quantitative estimate of drug-likeness (QED) is 0.612. The first-order chi connectivity index (χ1) is 6.85. The van der Waals surface area contributed by atoms with Crippen LogP contribution in [-0.4, -0.2) is 23.2 Å². The van der Waals surface area contributed by atoms with E-state index in [4.69, 9.17) is 0 Å². The van der Waals surface area contributed by atoms with Crippen LogP contribution in [0.1, 0.15) is 33.6 Å². The predicted molar refractivity (Wildman–Crippen MR) is 47.3 cm³/mol. The summed E-state index contributed by atoms with van der Waals surface area (Å²) in [6.07, 6.45) is -1.66. The lowest BCUT2D eigenvalue weighted by Crippen LogP contribution is -2.67. The molecule has 1 rings (SSSR count). The van der Waals surface area contributed by atoms with Crippen LogP contribution in [0.5, 0.6) is 0 Å². The molecule has 0 heterocycles. The van der Waals surface area contributed by atoms with Gasteiger partial charge in [-0.05, 0) is 25.7 Å². The van der Waals surface area contributed by atoms with Crippen molar-refractivity contribution in [1.82, 2.24) is 0 Å². The highest BCUT2D eigenvalue weighted by Crippen LogP contribution is 2.58. The van der Waals surface area contributed by atoms with Gasteiger partial charge in [0, 0.05) is 6.92 Å². The normalized spacial score (nSPS) is 44.4. The second-order valence-corrected chi connectivity index (χ2v) is 4.97. The minimum Gasteiger partial charge on any atom is -0.237 e. The molecule has 0 aromatic heterocycles. The fourth-order valence-electron chi connectivity index (χ4n) is 2.33. The summed E-state index contributed by atoms with van der Waals surface area (Å²) >= 11 is 0. The Bertz CT molecular complexity index is 280. The van der Waals surface area contributed by atoms with Crippen molar-refractivity contribution >= 4 is 0 Å². The standard InChI is InChI=1S/C10H14F6/c1-6-4-7(2,11)10(15,16)9(14,5-6)8(3,12)13/h6H,4-5H2,1-3H3. The van der Waals surface area contributed by atoms with Crippen molar-refractivity contribution in [2.75, 3.05) is 0 Å². The Kier molecular flexibility index (Phi) is 2.81. The number of hydrogen-bond acceptors (Lipinski definition) is 0. The Morgan fingerprint density at radius 2 is 1.50 bits per heavy atom. The molecule has 0 saturated heterocycles. The molecule has 0 aliphatic heterocycles. The highest BCUT2D eigenvalue weighted by molar-refractivity contribution is 5.14. The van der Waals surface area contributed by atoms with Crippen molar-refractivity contribution < 1.29 is 26.3 Å². The van der Waals surface area contributed by atoms with E-state index in [0.29, 0.717) is 6.92 Å². The third-order valence-electron chi connectivity index (χ3n) is 3.21. The first-order valence-electron chi connectivity index (χ1n) is 4.98. The largest absolute Gasteiger partial charge is 0.320 e. The maximum Gasteiger partial charge on any atom is 0.320 e. The Hall–Kier alpha value is -0.420. The molecule has 0 spiro atoms. The molecule has 1 aliphatic carbocycles. The van der Waals surface area contributed by atoms with Gasteiger partial charge in [-0.15, -0.1) is 0 Å². The lowest BCUT2D eigenvalue weighted by molar-refractivity contribution is -0.308. The summed E-state index contributed by atoms with van der Waals surface area (Å²) in [6.45, 7) is 1.82. The van der Waals surface area contributed by atoms with E-state index in [-0.39, 0.29) is 6.92 Å². The molecule has 0 bridgehead atoms. The summed E-state index contributed by atoms with van der Waals surface area (Å²) in [7, 11) is 0. The molecule has 0 nitrogen and oxygen atoms in total. The van der Waals surface area contributed by atoms with Gasteiger partial charge in [0.25, 0.3) is 5.92 Å². The molecule has 0 aromatic carbocycles. The Labute approximate surface area is 90.0 Å². The Morgan fingerprint density at radius 1 is 1.06 bits per heavy atom. The van der Waals surface area contributed by atoms with Crippen molar-refractivity contribution in [2.45, 2.75) is 56.8 Å². The zero-order valence-electron chi connectivity index (χ0n) is 9.26. The highest BCUT2D eigenvalue weighted by Gasteiger charge is 2.76. The van der Waals surface area contributed by atoms with E-state index < -0.39 is 41.9 Å². The van der Waals surface area contributed by atoms with Crippen LogP contribution in [0, 0.1) is 5.92 Å². The summed E-state index contributed by atoms with van der Waals surface area (Å²) in [5.41, 5.74) is -7.37. The van der Waals surface area contributed by atoms with Gasteiger partial charge in [0.15, 0.2) is 5.67 Å². The average Bonchev–Trinajstić information content (AvgIpc) is 1.97. The summed E-state index contributed by atoms with van der Waals surface area (Å²) in [5.74, 6) is -9.83. The summed E-state index contributed by atoms with van der Waals surface area (Å²) < 4.78 is 80.4. The zero-order valence-corrected chi connectivity index (χ0v) is 9.26. The maximum atomic E-state index is 13.9. The van der Waals surface area contributed by atoms with E-state index >= 15 is 0 Å². The van der Waals surface area contributed by atoms with Crippen molar-refractivity contribution in [3.63, 3.8) is 0 Å². The summed E-state index contributed by atoms with van der Waals surface area (Å²) in [4.78, 5) is 0. The first kappa shape index (κ1) is 13.6. The molecule has 0 N–H and O–H groups in total. The Balaban J connectivity index is 3.27. The minimum absolute atomic E-state index is 0.0645. The summed E-state index contributed by atoms with van der Waals surface area (Å²) in [5, 5.41) is 0. The van der Waals surface area contributed by atoms with Gasteiger partial charge in [-0.3, -0.25) is 0 Å². The number of rotatable bonds is 1. The van der Waals surface area contributed by atoms with Gasteiger partial charge >= 0.3 is 5.92 Å². The van der Waals surface area contributed by atoms with Gasteiger partial charge in [-0.1, -0.05) is 6.92 Å². The van der Waals surface area contributed by atoms with Crippen LogP contribution in [0.2, 0.25) is 0 Å². The first-order valence-corrected chi connectivity index (χ1v) is 4.98. The van der Waals surface area contributed by atoms with E-state index in [1.54, 1.807) is 0 Å². The monoisotopic (exact) mass is 248 g/mol. The maximum absolute atomic E-state index is 13.9. The van der Waals surface area contributed by atoms with Crippen LogP contribution >= 0.6 is 0 Å². The SMILES string of the molecule is CC1CC(C)(F)C(F)(F)C(F)(C(C)(F)F)C1. The molecule has 3 atom stereocenters. The highest BCUT2D eigenvalue weighted by atomic mass is 19.3. The predicted octanol–water partition coefficient (Wildman–Crippen LogP) is 4.14. The van der Waals surface area contributed by atoms with Gasteiger partial charge in [0.1, 0.15) is 0 Å². The minimum atomic E-state index is -4.69. The zero-order chi connectivity index (χ0) is 13.0. The number of hydrogen-bond donors (Lipinski definition) is 0. The summed E-state index contributed by atoms with van der Waals surface area (Å²) in [6, 6.07) is 0. The molecule has 3 unspecified atom stereocenters. The van der Waals surface area contributed by atoms with E-state index in [1.807, 2.05) is 0 Å². The lowest BCUT2D eigenvalue weighted by Gasteiger charge is -2.48. The number of halogens is 6. The van der Waals surface area contributed by atoms with Crippen molar-refractivity contribution in [3.8, 4) is 0 Å². The second kappa shape index (κ2) is 3.29. The number of alkyl halides is 6. The van der Waals surface area contributed by atoms with Crippen LogP contribution in [0.15, 0.2) is 0 Å². The molecular weight excluding hydrogens is 234 g/mol. The topological polar surface area (TPSA) is 0 Å². The van der Waals surface area contributed by atoms with Crippen LogP contribution in [0.25, 0.3) is 0 Å². The average molecular weight is 248 g/mol. The molecule has 0 aromatic rings. The van der Waals surface area contributed by atoms with Crippen LogP contribution < -0.4 is 0 Å². The second-order valence-electron chi connectivity index (χ2n) is 4.97. The van der Waals surface area contributed by atoms with E-state index in [1.165, 1.54) is 6.92 Å². The third kappa shape index (κ3) is 1.61. The molecule has 96 valence electrons. The van der Waals surface area contributed by atoms with Crippen molar-refractivity contribution in [3.05, 3.63) is 0 Å². The molecule has 0 amide bonds. The van der Waals surface area contributed by atoms with Crippen LogP contribution in [0.3, 0.4) is 0 Å². The van der Waals surface area contributed by atoms with Gasteiger partial charge < -0.3 is 0 Å². The van der Waals surface area contributed by atoms with Gasteiger partial charge in [0.05, 0.1) is 0 Å².